The number of rotatable bonds is 34. The van der Waals surface area contributed by atoms with Gasteiger partial charge < -0.3 is 94.8 Å². The van der Waals surface area contributed by atoms with Crippen LogP contribution in [0.4, 0.5) is 8.78 Å². The first-order valence-corrected chi connectivity index (χ1v) is 47.4. The molecule has 9 aromatic carbocycles. The molecule has 3 heterocycles. The number of furan rings is 3. The molecule has 12 rings (SSSR count). The molecule has 3 aromatic heterocycles. The van der Waals surface area contributed by atoms with E-state index in [0.717, 1.165) is 94.2 Å². The average Bonchev–Trinajstić information content (AvgIpc) is 1.58. The van der Waals surface area contributed by atoms with E-state index in [0.29, 0.717) is 110 Å². The van der Waals surface area contributed by atoms with E-state index < -0.39 is 41.4 Å². The van der Waals surface area contributed by atoms with E-state index >= 15 is 4.39 Å². The molecular formula is C95H114BBrClF2K2N3O20Si2. The molecule has 127 heavy (non-hydrogen) atoms. The van der Waals surface area contributed by atoms with Gasteiger partial charge in [0.2, 0.25) is 0 Å². The second-order valence-electron chi connectivity index (χ2n) is 32.1. The van der Waals surface area contributed by atoms with Crippen molar-refractivity contribution in [2.75, 3.05) is 33.0 Å². The van der Waals surface area contributed by atoms with Gasteiger partial charge in [-0.25, -0.2) is 8.78 Å². The van der Waals surface area contributed by atoms with Crippen LogP contribution in [0.5, 0.6) is 17.2 Å². The number of aliphatic carboxylic acids is 1. The van der Waals surface area contributed by atoms with Crippen molar-refractivity contribution in [3.05, 3.63) is 272 Å². The second-order valence-corrected chi connectivity index (χ2v) is 42.6. The standard InChI is InChI=1S/C34H43NO5Si.C27H35BrO5Si.C26H24FNO5.C7H9BFNO2.CH2O3.ClH.2K.H/c1-7-37-32(36)21-27-12-8-9-14-31(27)38-23-25-18-28-20-29(15-16-39-41(5,6)34(2,3)4)40-33(28)30(19-25)26-13-10-11-24(17-26)22-35;1-7-30-25(29)17-20-10-8-9-11-24(20)31-18-19-14-21-16-22(33-26(21)23(28)15-19)12-13-32-34(5,6)27(2,3)4;27-25-18(14-28)5-3-6-21(25)22-11-16(10-19-12-20(8-9-29)33-26(19)22)15-32-23-7-2-1-4-17(23)13-24(30)31;9-7-5(4-10)2-1-3-6(7)8(11)12;2-1-4-3;;;;/h8-14,17-20H,7,15-16,21-23,35H2,1-6H3;8-11,14-16H,7,12-13,17-18H2,1-6H3;1-7,10-12,29H,8-9,13-15,28H2,(H,30,31);1-3,11-12H,4,10H2;1,3H;1H;;;/q;;;;;;2*+1;-1/p-1. The summed E-state index contributed by atoms with van der Waals surface area (Å²) >= 11 is 3.64. The Morgan fingerprint density at radius 3 is 1.32 bits per heavy atom. The van der Waals surface area contributed by atoms with Crippen LogP contribution in [-0.4, -0.2) is 101 Å². The fourth-order valence-corrected chi connectivity index (χ4v) is 15.4. The van der Waals surface area contributed by atoms with Crippen LogP contribution in [0.25, 0.3) is 55.2 Å². The topological polar surface area (TPSA) is 364 Å². The summed E-state index contributed by atoms with van der Waals surface area (Å²) in [5.74, 6) is 1.70. The van der Waals surface area contributed by atoms with Crippen LogP contribution >= 0.6 is 28.3 Å². The molecule has 0 atom stereocenters. The number of carboxylic acids is 1. The number of nitrogens with two attached hydrogens (primary N) is 3. The summed E-state index contributed by atoms with van der Waals surface area (Å²) in [7, 11) is -5.40. The number of para-hydroxylation sites is 3. The Kier molecular flexibility index (Phi) is 46.5. The molecule has 0 spiro atoms. The first kappa shape index (κ1) is 110. The van der Waals surface area contributed by atoms with Crippen LogP contribution < -0.4 is 145 Å². The first-order chi connectivity index (χ1) is 59.1. The van der Waals surface area contributed by atoms with Crippen molar-refractivity contribution in [2.24, 2.45) is 17.2 Å². The molecule has 0 amide bonds. The molecule has 0 aliphatic rings. The van der Waals surface area contributed by atoms with Crippen LogP contribution in [-0.2, 0) is 120 Å². The normalized spacial score (nSPS) is 11.2. The van der Waals surface area contributed by atoms with E-state index in [1.54, 1.807) is 62.4 Å². The van der Waals surface area contributed by atoms with Crippen molar-refractivity contribution in [1.29, 1.82) is 0 Å². The molecule has 0 radical (unpaired) electrons. The van der Waals surface area contributed by atoms with Crippen molar-refractivity contribution in [3.8, 4) is 39.5 Å². The molecule has 0 saturated carbocycles. The average molecular weight is 1920 g/mol. The first-order valence-electron chi connectivity index (χ1n) is 40.8. The summed E-state index contributed by atoms with van der Waals surface area (Å²) in [6.07, 6.45) is 1.99. The zero-order valence-corrected chi connectivity index (χ0v) is 85.3. The fraction of sp³-hybridized carbons (Fsp3) is 0.326. The zero-order chi connectivity index (χ0) is 90.5. The Labute approximate surface area is 844 Å². The number of esters is 2. The summed E-state index contributed by atoms with van der Waals surface area (Å²) < 4.78 is 88.9. The van der Waals surface area contributed by atoms with Gasteiger partial charge in [-0.15, -0.1) is 12.4 Å². The number of halogens is 4. The Morgan fingerprint density at radius 2 is 0.898 bits per heavy atom. The van der Waals surface area contributed by atoms with E-state index in [2.05, 4.69) is 131 Å². The van der Waals surface area contributed by atoms with Gasteiger partial charge in [0.1, 0.15) is 82.7 Å². The number of carbonyl (C=O) groups excluding carboxylic acids is 3. The summed E-state index contributed by atoms with van der Waals surface area (Å²) in [6.45, 7) is 29.4. The van der Waals surface area contributed by atoms with Gasteiger partial charge in [0.25, 0.3) is 6.47 Å². The van der Waals surface area contributed by atoms with Crippen molar-refractivity contribution >= 4 is 115 Å². The van der Waals surface area contributed by atoms with Crippen molar-refractivity contribution in [1.82, 2.24) is 0 Å². The Balaban J connectivity index is 0.000000366. The van der Waals surface area contributed by atoms with Gasteiger partial charge in [-0.2, -0.15) is 0 Å². The van der Waals surface area contributed by atoms with Gasteiger partial charge in [-0.1, -0.05) is 151 Å². The Morgan fingerprint density at radius 1 is 0.504 bits per heavy atom. The third kappa shape index (κ3) is 32.7. The molecule has 0 fully saturated rings. The van der Waals surface area contributed by atoms with Crippen LogP contribution in [0, 0.1) is 11.6 Å². The van der Waals surface area contributed by atoms with Gasteiger partial charge in [-0.05, 0) is 173 Å². The van der Waals surface area contributed by atoms with E-state index in [1.807, 2.05) is 78.9 Å². The SMILES string of the molecule is CCOC(=O)Cc1ccccc1OCc1cc(-c2cccc(CN)c2)c2oc(CCO[Si](C)(C)C(C)(C)C)cc2c1.CCOC(=O)Cc1ccccc1OCc1cc(Br)c2oc(CCO[Si](C)(C)C(C)(C)C)cc2c1.Cl.NCc1cccc(-c2cc(COc3ccccc3CC(=O)O)cc3cc(CCO)oc23)c1F.NCc1cccc(B(O)O)c1F.O=CO[O-].[H-].[K+].[K+]. The van der Waals surface area contributed by atoms with Gasteiger partial charge in [0, 0.05) is 118 Å². The molecule has 10 N–H and O–H groups in total. The minimum absolute atomic E-state index is 0. The summed E-state index contributed by atoms with van der Waals surface area (Å²) in [6, 6.07) is 57.8. The monoisotopic (exact) mass is 1910 g/mol. The van der Waals surface area contributed by atoms with Crippen LogP contribution in [0.1, 0.15) is 124 Å². The van der Waals surface area contributed by atoms with E-state index in [4.69, 9.17) is 88.2 Å². The predicted octanol–water partition coefficient (Wildman–Crippen LogP) is 11.6. The predicted molar refractivity (Wildman–Crippen MR) is 491 cm³/mol. The minimum atomic E-state index is -1.84. The summed E-state index contributed by atoms with van der Waals surface area (Å²) in [4.78, 5) is 46.4. The molecule has 0 unspecified atom stereocenters. The van der Waals surface area contributed by atoms with Crippen LogP contribution in [0.3, 0.4) is 0 Å². The van der Waals surface area contributed by atoms with Crippen LogP contribution in [0.15, 0.2) is 206 Å². The molecule has 23 nitrogen and oxygen atoms in total. The number of fused-ring (bicyclic) bond motifs is 3. The number of aliphatic hydroxyl groups is 1. The molecular weight excluding hydrogens is 1800 g/mol. The quantitative estimate of drug-likeness (QED) is 0.00647. The number of benzene rings is 9. The molecule has 0 aliphatic carbocycles. The van der Waals surface area contributed by atoms with Crippen molar-refractivity contribution < 1.29 is 208 Å². The second kappa shape index (κ2) is 53.4. The zero-order valence-electron chi connectivity index (χ0n) is 75.7. The smallest absolute Gasteiger partial charge is 1.00 e. The molecule has 12 aromatic rings. The minimum Gasteiger partial charge on any atom is -1.00 e. The van der Waals surface area contributed by atoms with Gasteiger partial charge >= 0.3 is 128 Å². The van der Waals surface area contributed by atoms with Gasteiger partial charge in [0.15, 0.2) is 16.6 Å². The van der Waals surface area contributed by atoms with Gasteiger partial charge in [0.05, 0.1) is 43.6 Å². The number of hydrogen-bond acceptors (Lipinski definition) is 22. The third-order valence-corrected chi connectivity index (χ3v) is 30.8. The maximum Gasteiger partial charge on any atom is 1.00 e. The molecule has 0 bridgehead atoms. The van der Waals surface area contributed by atoms with Crippen molar-refractivity contribution in [2.45, 2.75) is 170 Å². The number of hydrogen-bond donors (Lipinski definition) is 7. The number of carboxylic acid groups (broad SMARTS) is 1. The molecule has 32 heteroatoms. The number of carbonyl (C=O) groups is 4. The molecule has 670 valence electrons. The largest absolute Gasteiger partial charge is 1.00 e. The maximum atomic E-state index is 15.1. The molecule has 0 saturated heterocycles. The van der Waals surface area contributed by atoms with E-state index in [9.17, 15) is 23.9 Å². The van der Waals surface area contributed by atoms with E-state index in [-0.39, 0.29) is 202 Å². The fourth-order valence-electron chi connectivity index (χ4n) is 12.7. The Bertz CT molecular complexity index is 5560. The Hall–Kier alpha value is -7.08. The number of aliphatic hydroxyl groups excluding tert-OH is 1. The molecule has 0 aliphatic heterocycles. The maximum absolute atomic E-state index is 15.1. The van der Waals surface area contributed by atoms with E-state index in [1.165, 1.54) is 18.2 Å². The summed E-state index contributed by atoms with van der Waals surface area (Å²) in [5, 5.41) is 47.4. The van der Waals surface area contributed by atoms with Gasteiger partial charge in [-0.3, -0.25) is 19.2 Å². The van der Waals surface area contributed by atoms with Crippen LogP contribution in [0.2, 0.25) is 36.3 Å². The van der Waals surface area contributed by atoms with Crippen molar-refractivity contribution in [3.63, 3.8) is 0 Å². The summed E-state index contributed by atoms with van der Waals surface area (Å²) in [5.41, 5.74) is 28.5. The third-order valence-electron chi connectivity index (χ3n) is 21.2. The number of ether oxygens (including phenoxy) is 5.